The number of ether oxygens (including phenoxy) is 1. The Kier molecular flexibility index (Phi) is 6.69. The van der Waals surface area contributed by atoms with Gasteiger partial charge in [-0.25, -0.2) is 8.42 Å². The highest BCUT2D eigenvalue weighted by Gasteiger charge is 2.33. The van der Waals surface area contributed by atoms with Crippen LogP contribution in [0.3, 0.4) is 0 Å². The molecule has 0 spiro atoms. The Morgan fingerprint density at radius 2 is 1.68 bits per heavy atom. The maximum atomic E-state index is 12.7. The molecule has 0 saturated carbocycles. The Balaban J connectivity index is 1.47. The minimum Gasteiger partial charge on any atom is -0.469 e. The Labute approximate surface area is 166 Å². The molecule has 9 heteroatoms. The molecule has 1 aromatic rings. The largest absolute Gasteiger partial charge is 0.469 e. The zero-order chi connectivity index (χ0) is 20.1. The average Bonchev–Trinajstić information content (AvgIpc) is 2.74. The van der Waals surface area contributed by atoms with Gasteiger partial charge < -0.3 is 14.5 Å². The van der Waals surface area contributed by atoms with Crippen molar-refractivity contribution in [3.8, 4) is 0 Å². The summed E-state index contributed by atoms with van der Waals surface area (Å²) in [5, 5.41) is 0. The zero-order valence-corrected chi connectivity index (χ0v) is 17.0. The Morgan fingerprint density at radius 3 is 2.25 bits per heavy atom. The lowest BCUT2D eigenvalue weighted by Crippen LogP contribution is -3.14. The maximum Gasteiger partial charge on any atom is 0.309 e. The van der Waals surface area contributed by atoms with E-state index in [0.29, 0.717) is 32.7 Å². The summed E-state index contributed by atoms with van der Waals surface area (Å²) < 4.78 is 31.6. The number of hydrogen-bond acceptors (Lipinski definition) is 5. The van der Waals surface area contributed by atoms with Crippen LogP contribution in [0.15, 0.2) is 35.2 Å². The Hall–Kier alpha value is -1.97. The van der Waals surface area contributed by atoms with E-state index in [4.69, 9.17) is 4.74 Å². The summed E-state index contributed by atoms with van der Waals surface area (Å²) in [6.07, 6.45) is 1.47. The highest BCUT2D eigenvalue weighted by atomic mass is 32.2. The molecule has 1 aromatic carbocycles. The third kappa shape index (κ3) is 4.71. The van der Waals surface area contributed by atoms with E-state index < -0.39 is 10.0 Å². The summed E-state index contributed by atoms with van der Waals surface area (Å²) in [6, 6.07) is 8.38. The lowest BCUT2D eigenvalue weighted by Gasteiger charge is -2.35. The number of piperazine rings is 1. The van der Waals surface area contributed by atoms with E-state index in [-0.39, 0.29) is 22.7 Å². The van der Waals surface area contributed by atoms with Crippen LogP contribution in [0.4, 0.5) is 0 Å². The highest BCUT2D eigenvalue weighted by Crippen LogP contribution is 2.17. The van der Waals surface area contributed by atoms with Gasteiger partial charge in [-0.05, 0) is 12.1 Å². The fourth-order valence-electron chi connectivity index (χ4n) is 3.85. The molecule has 3 rings (SSSR count). The summed E-state index contributed by atoms with van der Waals surface area (Å²) >= 11 is 0. The maximum absolute atomic E-state index is 12.7. The van der Waals surface area contributed by atoms with Gasteiger partial charge in [0.15, 0.2) is 6.54 Å². The number of nitrogens with one attached hydrogen (secondary N) is 1. The molecule has 2 heterocycles. The van der Waals surface area contributed by atoms with Gasteiger partial charge in [-0.3, -0.25) is 9.59 Å². The standard InChI is InChI=1S/C19H27N3O5S/c1-27-19(24)16-7-9-20(10-8-16)15-18(23)21-11-13-22(14-12-21)28(25,26)17-5-3-2-4-6-17/h2-6,16H,7-15H2,1H3/p+1. The molecule has 154 valence electrons. The summed E-state index contributed by atoms with van der Waals surface area (Å²) in [6.45, 7) is 3.36. The van der Waals surface area contributed by atoms with Crippen molar-refractivity contribution in [2.45, 2.75) is 17.7 Å². The molecule has 1 N–H and O–H groups in total. The first-order valence-corrected chi connectivity index (χ1v) is 11.1. The first-order chi connectivity index (χ1) is 13.4. The molecule has 2 aliphatic rings. The number of quaternary nitrogens is 1. The first-order valence-electron chi connectivity index (χ1n) is 9.66. The molecule has 1 amide bonds. The predicted molar refractivity (Wildman–Crippen MR) is 102 cm³/mol. The molecular formula is C19H28N3O5S+. The van der Waals surface area contributed by atoms with Gasteiger partial charge >= 0.3 is 5.97 Å². The number of methoxy groups -OCH3 is 1. The van der Waals surface area contributed by atoms with E-state index >= 15 is 0 Å². The molecule has 0 atom stereocenters. The van der Waals surface area contributed by atoms with Crippen LogP contribution in [0, 0.1) is 5.92 Å². The van der Waals surface area contributed by atoms with Crippen molar-refractivity contribution in [2.75, 3.05) is 52.9 Å². The van der Waals surface area contributed by atoms with Crippen LogP contribution in [0.2, 0.25) is 0 Å². The number of carbonyl (C=O) groups excluding carboxylic acids is 2. The highest BCUT2D eigenvalue weighted by molar-refractivity contribution is 7.89. The third-order valence-corrected chi connectivity index (χ3v) is 7.51. The number of rotatable bonds is 5. The Bertz CT molecular complexity index is 783. The molecule has 0 radical (unpaired) electrons. The van der Waals surface area contributed by atoms with Crippen LogP contribution in [0.5, 0.6) is 0 Å². The molecular weight excluding hydrogens is 382 g/mol. The fraction of sp³-hybridized carbons (Fsp3) is 0.579. The van der Waals surface area contributed by atoms with E-state index in [1.54, 1.807) is 35.2 Å². The SMILES string of the molecule is COC(=O)C1CC[NH+](CC(=O)N2CCN(S(=O)(=O)c3ccccc3)CC2)CC1. The van der Waals surface area contributed by atoms with Crippen molar-refractivity contribution in [1.29, 1.82) is 0 Å². The number of likely N-dealkylation sites (tertiary alicyclic amines) is 1. The lowest BCUT2D eigenvalue weighted by molar-refractivity contribution is -0.898. The zero-order valence-electron chi connectivity index (χ0n) is 16.2. The Morgan fingerprint density at radius 1 is 1.07 bits per heavy atom. The summed E-state index contributed by atoms with van der Waals surface area (Å²) in [5.41, 5.74) is 0. The van der Waals surface area contributed by atoms with Crippen LogP contribution < -0.4 is 4.90 Å². The topological polar surface area (TPSA) is 88.4 Å². The van der Waals surface area contributed by atoms with Crippen LogP contribution in [-0.2, 0) is 24.3 Å². The molecule has 28 heavy (non-hydrogen) atoms. The van der Waals surface area contributed by atoms with E-state index in [1.165, 1.54) is 16.3 Å². The number of carbonyl (C=O) groups is 2. The summed E-state index contributed by atoms with van der Waals surface area (Å²) in [7, 11) is -2.10. The predicted octanol–water partition coefficient (Wildman–Crippen LogP) is -1.01. The number of hydrogen-bond donors (Lipinski definition) is 1. The minimum absolute atomic E-state index is 0.0447. The molecule has 0 bridgehead atoms. The molecule has 2 fully saturated rings. The fourth-order valence-corrected chi connectivity index (χ4v) is 5.29. The summed E-state index contributed by atoms with van der Waals surface area (Å²) in [5.74, 6) is -0.181. The first kappa shape index (κ1) is 20.8. The van der Waals surface area contributed by atoms with Crippen molar-refractivity contribution < 1.29 is 27.6 Å². The normalized spacial score (nSPS) is 24.0. The number of benzene rings is 1. The second-order valence-electron chi connectivity index (χ2n) is 7.32. The number of nitrogens with zero attached hydrogens (tertiary/aromatic N) is 2. The lowest BCUT2D eigenvalue weighted by atomic mass is 9.97. The molecule has 0 aromatic heterocycles. The number of piperidine rings is 1. The van der Waals surface area contributed by atoms with Gasteiger partial charge in [-0.1, -0.05) is 18.2 Å². The molecule has 0 unspecified atom stereocenters. The van der Waals surface area contributed by atoms with Crippen LogP contribution in [0.1, 0.15) is 12.8 Å². The number of amides is 1. The molecule has 2 saturated heterocycles. The number of sulfonamides is 1. The van der Waals surface area contributed by atoms with Crippen molar-refractivity contribution in [3.05, 3.63) is 30.3 Å². The van der Waals surface area contributed by atoms with Crippen molar-refractivity contribution in [2.24, 2.45) is 5.92 Å². The van der Waals surface area contributed by atoms with Crippen LogP contribution in [0.25, 0.3) is 0 Å². The number of esters is 1. The smallest absolute Gasteiger partial charge is 0.309 e. The van der Waals surface area contributed by atoms with Crippen molar-refractivity contribution in [1.82, 2.24) is 9.21 Å². The van der Waals surface area contributed by atoms with Crippen LogP contribution >= 0.6 is 0 Å². The van der Waals surface area contributed by atoms with Gasteiger partial charge in [-0.2, -0.15) is 4.31 Å². The van der Waals surface area contributed by atoms with Crippen molar-refractivity contribution in [3.63, 3.8) is 0 Å². The quantitative estimate of drug-likeness (QED) is 0.629. The molecule has 0 aliphatic carbocycles. The minimum atomic E-state index is -3.51. The van der Waals surface area contributed by atoms with Gasteiger partial charge in [0.2, 0.25) is 10.0 Å². The van der Waals surface area contributed by atoms with E-state index in [2.05, 4.69) is 0 Å². The van der Waals surface area contributed by atoms with Gasteiger partial charge in [0.1, 0.15) is 0 Å². The van der Waals surface area contributed by atoms with E-state index in [1.807, 2.05) is 0 Å². The molecule has 2 aliphatic heterocycles. The van der Waals surface area contributed by atoms with Gasteiger partial charge in [0.25, 0.3) is 5.91 Å². The van der Waals surface area contributed by atoms with E-state index in [9.17, 15) is 18.0 Å². The van der Waals surface area contributed by atoms with Gasteiger partial charge in [0.05, 0.1) is 31.0 Å². The molecule has 8 nitrogen and oxygen atoms in total. The summed E-state index contributed by atoms with van der Waals surface area (Å²) in [4.78, 5) is 27.4. The van der Waals surface area contributed by atoms with Crippen molar-refractivity contribution >= 4 is 21.9 Å². The van der Waals surface area contributed by atoms with Gasteiger partial charge in [-0.15, -0.1) is 0 Å². The monoisotopic (exact) mass is 410 g/mol. The van der Waals surface area contributed by atoms with E-state index in [0.717, 1.165) is 25.9 Å². The van der Waals surface area contributed by atoms with Crippen LogP contribution in [-0.4, -0.2) is 82.4 Å². The second-order valence-corrected chi connectivity index (χ2v) is 9.26. The third-order valence-electron chi connectivity index (χ3n) is 5.60. The van der Waals surface area contributed by atoms with Gasteiger partial charge in [0, 0.05) is 39.0 Å². The average molecular weight is 411 g/mol. The second kappa shape index (κ2) is 9.02.